The molecule has 9 nitrogen and oxygen atoms in total. The van der Waals surface area contributed by atoms with Crippen molar-refractivity contribution in [3.63, 3.8) is 0 Å². The Hall–Kier alpha value is -3.10. The van der Waals surface area contributed by atoms with Gasteiger partial charge >= 0.3 is 0 Å². The quantitative estimate of drug-likeness (QED) is 0.578. The Morgan fingerprint density at radius 2 is 1.87 bits per heavy atom. The minimum absolute atomic E-state index is 0.199. The summed E-state index contributed by atoms with van der Waals surface area (Å²) in [7, 11) is 5.44. The summed E-state index contributed by atoms with van der Waals surface area (Å²) in [6.07, 6.45) is 2.82. The van der Waals surface area contributed by atoms with Gasteiger partial charge in [-0.25, -0.2) is 4.68 Å². The number of aryl methyl sites for hydroxylation is 4. The number of ether oxygens (including phenoxy) is 1. The van der Waals surface area contributed by atoms with Gasteiger partial charge < -0.3 is 10.1 Å². The topological polar surface area (TPSA) is 91.8 Å². The van der Waals surface area contributed by atoms with Gasteiger partial charge in [0.1, 0.15) is 5.69 Å². The summed E-state index contributed by atoms with van der Waals surface area (Å²) in [6.45, 7) is 7.29. The van der Waals surface area contributed by atoms with E-state index in [1.54, 1.807) is 17.8 Å². The zero-order valence-electron chi connectivity index (χ0n) is 18.6. The number of nitrogens with one attached hydrogen (secondary N) is 1. The van der Waals surface area contributed by atoms with Gasteiger partial charge in [0.05, 0.1) is 30.2 Å². The highest BCUT2D eigenvalue weighted by Crippen LogP contribution is 2.23. The maximum atomic E-state index is 12.5. The number of anilines is 1. The molecule has 3 rings (SSSR count). The molecule has 162 valence electrons. The molecule has 0 unspecified atom stereocenters. The molecule has 0 radical (unpaired) electrons. The third kappa shape index (κ3) is 4.90. The second kappa shape index (κ2) is 9.15. The number of hydrogen-bond acceptors (Lipinski definition) is 6. The van der Waals surface area contributed by atoms with Crippen LogP contribution in [0.2, 0.25) is 0 Å². The van der Waals surface area contributed by atoms with Crippen LogP contribution >= 0.6 is 0 Å². The van der Waals surface area contributed by atoms with Gasteiger partial charge in [0.2, 0.25) is 5.88 Å². The molecule has 0 amide bonds. The molecular weight excluding hydrogens is 382 g/mol. The molecule has 0 bridgehead atoms. The lowest BCUT2D eigenvalue weighted by Gasteiger charge is -2.19. The van der Waals surface area contributed by atoms with E-state index >= 15 is 0 Å². The highest BCUT2D eigenvalue weighted by Gasteiger charge is 2.18. The Labute approximate surface area is 176 Å². The minimum atomic E-state index is -0.199. The molecule has 9 heteroatoms. The largest absolute Gasteiger partial charge is 0.476 e. The van der Waals surface area contributed by atoms with Crippen LogP contribution in [0, 0.1) is 5.92 Å². The maximum absolute atomic E-state index is 12.5. The van der Waals surface area contributed by atoms with E-state index in [2.05, 4.69) is 41.4 Å². The lowest BCUT2D eigenvalue weighted by molar-refractivity contribution is 0.227. The summed E-state index contributed by atoms with van der Waals surface area (Å²) in [5.41, 5.74) is 3.32. The van der Waals surface area contributed by atoms with Crippen LogP contribution in [0.15, 0.2) is 29.2 Å². The third-order valence-corrected chi connectivity index (χ3v) is 5.44. The molecule has 0 aromatic carbocycles. The van der Waals surface area contributed by atoms with E-state index in [0.29, 0.717) is 24.7 Å². The summed E-state index contributed by atoms with van der Waals surface area (Å²) in [5, 5.41) is 16.4. The van der Waals surface area contributed by atoms with E-state index in [-0.39, 0.29) is 17.4 Å². The van der Waals surface area contributed by atoms with Crippen molar-refractivity contribution in [2.24, 2.45) is 27.1 Å². The fourth-order valence-corrected chi connectivity index (χ4v) is 3.20. The van der Waals surface area contributed by atoms with Gasteiger partial charge in [-0.3, -0.25) is 14.2 Å². The van der Waals surface area contributed by atoms with E-state index in [1.165, 1.54) is 4.68 Å². The minimum Gasteiger partial charge on any atom is -0.476 e. The van der Waals surface area contributed by atoms with Crippen molar-refractivity contribution in [3.05, 3.63) is 51.8 Å². The second-order valence-electron chi connectivity index (χ2n) is 7.77. The van der Waals surface area contributed by atoms with Crippen LogP contribution in [-0.2, 0) is 34.1 Å². The van der Waals surface area contributed by atoms with Crippen molar-refractivity contribution < 1.29 is 4.74 Å². The third-order valence-electron chi connectivity index (χ3n) is 5.44. The van der Waals surface area contributed by atoms with Gasteiger partial charge in [0.25, 0.3) is 5.56 Å². The number of hydrogen-bond donors (Lipinski definition) is 1. The molecule has 0 aliphatic heterocycles. The van der Waals surface area contributed by atoms with Crippen molar-refractivity contribution in [2.75, 3.05) is 11.9 Å². The van der Waals surface area contributed by atoms with Crippen LogP contribution in [0.3, 0.4) is 0 Å². The van der Waals surface area contributed by atoms with E-state index in [9.17, 15) is 4.79 Å². The normalized spacial score (nSPS) is 13.3. The maximum Gasteiger partial charge on any atom is 0.290 e. The molecule has 0 saturated heterocycles. The van der Waals surface area contributed by atoms with Crippen molar-refractivity contribution in [2.45, 2.75) is 39.7 Å². The van der Waals surface area contributed by atoms with E-state index in [4.69, 9.17) is 4.74 Å². The first-order valence-corrected chi connectivity index (χ1v) is 10.2. The van der Waals surface area contributed by atoms with Crippen LogP contribution in [0.5, 0.6) is 5.88 Å². The summed E-state index contributed by atoms with van der Waals surface area (Å²) in [6, 6.07) is 5.73. The summed E-state index contributed by atoms with van der Waals surface area (Å²) >= 11 is 0. The molecule has 0 fully saturated rings. The van der Waals surface area contributed by atoms with Gasteiger partial charge in [-0.05, 0) is 24.5 Å². The average Bonchev–Trinajstić information content (AvgIpc) is 3.32. The molecule has 0 saturated carbocycles. The first-order valence-electron chi connectivity index (χ1n) is 10.2. The molecule has 0 spiro atoms. The van der Waals surface area contributed by atoms with E-state index < -0.39 is 0 Å². The molecule has 0 aliphatic carbocycles. The van der Waals surface area contributed by atoms with Crippen LogP contribution < -0.4 is 15.6 Å². The molecule has 3 aromatic heterocycles. The van der Waals surface area contributed by atoms with Gasteiger partial charge in [0.15, 0.2) is 0 Å². The monoisotopic (exact) mass is 413 g/mol. The Morgan fingerprint density at radius 3 is 2.50 bits per heavy atom. The Bertz CT molecular complexity index is 1050. The smallest absolute Gasteiger partial charge is 0.290 e. The van der Waals surface area contributed by atoms with Crippen LogP contribution in [-0.4, -0.2) is 35.9 Å². The highest BCUT2D eigenvalue weighted by atomic mass is 16.5. The predicted molar refractivity (Wildman–Crippen MR) is 116 cm³/mol. The van der Waals surface area contributed by atoms with Gasteiger partial charge in [-0.15, -0.1) is 5.10 Å². The van der Waals surface area contributed by atoms with Gasteiger partial charge in [0, 0.05) is 39.3 Å². The van der Waals surface area contributed by atoms with Crippen molar-refractivity contribution in [3.8, 4) is 5.88 Å². The molecule has 1 N–H and O–H groups in total. The van der Waals surface area contributed by atoms with Crippen molar-refractivity contribution in [1.29, 1.82) is 0 Å². The predicted octanol–water partition coefficient (Wildman–Crippen LogP) is 2.24. The lowest BCUT2D eigenvalue weighted by Crippen LogP contribution is -2.25. The Kier molecular flexibility index (Phi) is 6.59. The van der Waals surface area contributed by atoms with Crippen LogP contribution in [0.1, 0.15) is 43.8 Å². The zero-order valence-corrected chi connectivity index (χ0v) is 18.6. The zero-order chi connectivity index (χ0) is 21.8. The summed E-state index contributed by atoms with van der Waals surface area (Å²) < 4.78 is 10.9. The number of nitrogens with zero attached hydrogens (tertiary/aromatic N) is 6. The van der Waals surface area contributed by atoms with Gasteiger partial charge in [-0.1, -0.05) is 20.8 Å². The first-order chi connectivity index (χ1) is 14.3. The second-order valence-corrected chi connectivity index (χ2v) is 7.77. The Morgan fingerprint density at radius 1 is 1.10 bits per heavy atom. The summed E-state index contributed by atoms with van der Waals surface area (Å²) in [4.78, 5) is 12.5. The fraction of sp³-hybridized carbons (Fsp3) is 0.524. The van der Waals surface area contributed by atoms with Crippen molar-refractivity contribution in [1.82, 2.24) is 29.3 Å². The first kappa shape index (κ1) is 21.6. The molecular formula is C21H31N7O2. The van der Waals surface area contributed by atoms with Crippen LogP contribution in [0.25, 0.3) is 0 Å². The lowest BCUT2D eigenvalue weighted by atomic mass is 9.94. The van der Waals surface area contributed by atoms with Crippen molar-refractivity contribution >= 4 is 5.69 Å². The molecule has 0 aliphatic rings. The van der Waals surface area contributed by atoms with E-state index in [1.807, 2.05) is 37.1 Å². The average molecular weight is 414 g/mol. The molecule has 3 heterocycles. The molecule has 2 atom stereocenters. The fourth-order valence-electron chi connectivity index (χ4n) is 3.20. The SMILES string of the molecule is CCc1cc(CNc2cc(OC[C@@H](C)[C@H](C)c3ccn(C)n3)nn(C)c2=O)n(C)n1. The molecule has 3 aromatic rings. The van der Waals surface area contributed by atoms with Gasteiger partial charge in [-0.2, -0.15) is 10.2 Å². The van der Waals surface area contributed by atoms with Crippen LogP contribution in [0.4, 0.5) is 5.69 Å². The standard InChI is InChI=1S/C21H31N7O2/c1-7-16-10-17(27(5)23-16)12-22-19-11-20(25-28(6)21(19)29)30-13-14(2)15(3)18-8-9-26(4)24-18/h8-11,14-15,22H,7,12-13H2,1-6H3/t14-,15+/m1/s1. The number of aromatic nitrogens is 6. The Balaban J connectivity index is 1.66. The van der Waals surface area contributed by atoms with E-state index in [0.717, 1.165) is 23.5 Å². The summed E-state index contributed by atoms with van der Waals surface area (Å²) in [5.74, 6) is 0.894. The molecule has 30 heavy (non-hydrogen) atoms. The number of rotatable bonds is 9. The highest BCUT2D eigenvalue weighted by molar-refractivity contribution is 5.43.